The molecule has 8 heteroatoms. The minimum atomic E-state index is -0.811. The molecule has 31 heavy (non-hydrogen) atoms. The number of hydrogen-bond acceptors (Lipinski definition) is 4. The number of primary amides is 1. The van der Waals surface area contributed by atoms with E-state index in [9.17, 15) is 18.8 Å². The fourth-order valence-electron chi connectivity index (χ4n) is 3.87. The largest absolute Gasteiger partial charge is 0.365 e. The van der Waals surface area contributed by atoms with E-state index in [2.05, 4.69) is 4.98 Å². The predicted molar refractivity (Wildman–Crippen MR) is 112 cm³/mol. The lowest BCUT2D eigenvalue weighted by molar-refractivity contribution is -0.132. The second-order valence-corrected chi connectivity index (χ2v) is 7.45. The number of benzene rings is 1. The Kier molecular flexibility index (Phi) is 5.62. The first-order valence-electron chi connectivity index (χ1n) is 9.94. The number of carbonyl (C=O) groups excluding carboxylic acids is 2. The van der Waals surface area contributed by atoms with Gasteiger partial charge < -0.3 is 10.6 Å². The van der Waals surface area contributed by atoms with Crippen LogP contribution in [-0.2, 0) is 24.2 Å². The van der Waals surface area contributed by atoms with Gasteiger partial charge in [-0.25, -0.2) is 4.39 Å². The predicted octanol–water partition coefficient (Wildman–Crippen LogP) is 1.99. The summed E-state index contributed by atoms with van der Waals surface area (Å²) in [5.41, 5.74) is 7.54. The van der Waals surface area contributed by atoms with Crippen LogP contribution in [0.2, 0.25) is 0 Å². The number of carbonyl (C=O) groups is 2. The molecule has 7 nitrogen and oxygen atoms in total. The van der Waals surface area contributed by atoms with Gasteiger partial charge in [0.15, 0.2) is 0 Å². The van der Waals surface area contributed by atoms with Crippen LogP contribution in [0.3, 0.4) is 0 Å². The third kappa shape index (κ3) is 4.23. The van der Waals surface area contributed by atoms with Crippen LogP contribution < -0.4 is 11.3 Å². The number of hydrogen-bond donors (Lipinski definition) is 1. The minimum Gasteiger partial charge on any atom is -0.365 e. The second-order valence-electron chi connectivity index (χ2n) is 7.45. The van der Waals surface area contributed by atoms with Crippen LogP contribution in [0.4, 0.5) is 4.39 Å². The normalized spacial score (nSPS) is 13.0. The number of aromatic nitrogens is 2. The van der Waals surface area contributed by atoms with E-state index in [1.807, 2.05) is 12.1 Å². The maximum absolute atomic E-state index is 13.3. The number of fused-ring (bicyclic) bond motifs is 1. The average molecular weight is 420 g/mol. The molecular weight excluding hydrogens is 399 g/mol. The van der Waals surface area contributed by atoms with E-state index in [1.54, 1.807) is 23.5 Å². The van der Waals surface area contributed by atoms with Crippen LogP contribution >= 0.6 is 0 Å². The molecule has 0 aliphatic carbocycles. The molecule has 0 bridgehead atoms. The van der Waals surface area contributed by atoms with Crippen LogP contribution in [0.5, 0.6) is 0 Å². The van der Waals surface area contributed by atoms with E-state index >= 15 is 0 Å². The summed E-state index contributed by atoms with van der Waals surface area (Å²) in [6.45, 7) is 0.669. The molecule has 3 heterocycles. The van der Waals surface area contributed by atoms with E-state index < -0.39 is 17.3 Å². The highest BCUT2D eigenvalue weighted by molar-refractivity contribution is 5.94. The monoisotopic (exact) mass is 420 g/mol. The summed E-state index contributed by atoms with van der Waals surface area (Å²) in [4.78, 5) is 43.5. The first-order valence-corrected chi connectivity index (χ1v) is 9.94. The number of pyridine rings is 2. The summed E-state index contributed by atoms with van der Waals surface area (Å²) in [5.74, 6) is -1.26. The molecule has 4 rings (SSSR count). The molecule has 0 spiro atoms. The van der Waals surface area contributed by atoms with Gasteiger partial charge in [-0.3, -0.25) is 23.9 Å². The zero-order valence-electron chi connectivity index (χ0n) is 16.8. The lowest BCUT2D eigenvalue weighted by atomic mass is 9.95. The number of rotatable bonds is 5. The zero-order valence-corrected chi connectivity index (χ0v) is 16.8. The topological polar surface area (TPSA) is 98.3 Å². The lowest BCUT2D eigenvalue weighted by Crippen LogP contribution is -2.40. The Morgan fingerprint density at radius 2 is 1.94 bits per heavy atom. The van der Waals surface area contributed by atoms with Crippen molar-refractivity contribution in [2.75, 3.05) is 6.54 Å². The van der Waals surface area contributed by atoms with E-state index in [0.717, 1.165) is 5.56 Å². The van der Waals surface area contributed by atoms with Gasteiger partial charge in [0, 0.05) is 43.8 Å². The Balaban J connectivity index is 1.63. The van der Waals surface area contributed by atoms with Crippen LogP contribution in [0, 0.1) is 5.82 Å². The molecular formula is C23H21FN4O3. The van der Waals surface area contributed by atoms with Gasteiger partial charge in [0.05, 0.1) is 0 Å². The standard InChI is InChI=1S/C23H21FN4O3/c24-17-4-6-18(7-5-17)28-14-16-13-27(11-9-19(16)21(22(25)30)23(28)31)20(29)8-3-15-2-1-10-26-12-15/h1-2,4-7,10,12,14H,3,8-9,11,13H2,(H2,25,30). The lowest BCUT2D eigenvalue weighted by Gasteiger charge is -2.30. The smallest absolute Gasteiger partial charge is 0.268 e. The molecule has 2 N–H and O–H groups in total. The number of nitrogens with zero attached hydrogens (tertiary/aromatic N) is 3. The molecule has 158 valence electrons. The van der Waals surface area contributed by atoms with Crippen molar-refractivity contribution in [1.29, 1.82) is 0 Å². The first-order chi connectivity index (χ1) is 14.9. The quantitative estimate of drug-likeness (QED) is 0.682. The Morgan fingerprint density at radius 1 is 1.16 bits per heavy atom. The van der Waals surface area contributed by atoms with Gasteiger partial charge in [-0.15, -0.1) is 0 Å². The molecule has 0 unspecified atom stereocenters. The fraction of sp³-hybridized carbons (Fsp3) is 0.217. The van der Waals surface area contributed by atoms with Crippen molar-refractivity contribution < 1.29 is 14.0 Å². The molecule has 0 atom stereocenters. The van der Waals surface area contributed by atoms with Crippen molar-refractivity contribution in [2.45, 2.75) is 25.8 Å². The molecule has 2 amide bonds. The molecule has 1 aromatic carbocycles. The molecule has 1 aliphatic rings. The number of aryl methyl sites for hydroxylation is 1. The number of amides is 2. The Morgan fingerprint density at radius 3 is 2.61 bits per heavy atom. The van der Waals surface area contributed by atoms with Gasteiger partial charge in [0.2, 0.25) is 5.91 Å². The highest BCUT2D eigenvalue weighted by Gasteiger charge is 2.27. The molecule has 2 aromatic heterocycles. The first kappa shape index (κ1) is 20.5. The Bertz CT molecular complexity index is 1190. The van der Waals surface area contributed by atoms with Crippen LogP contribution in [-0.4, -0.2) is 32.8 Å². The second kappa shape index (κ2) is 8.51. The fourth-order valence-corrected chi connectivity index (χ4v) is 3.87. The molecule has 3 aromatic rings. The number of nitrogens with two attached hydrogens (primary N) is 1. The maximum Gasteiger partial charge on any atom is 0.268 e. The van der Waals surface area contributed by atoms with Crippen molar-refractivity contribution >= 4 is 11.8 Å². The van der Waals surface area contributed by atoms with Crippen molar-refractivity contribution in [1.82, 2.24) is 14.5 Å². The Hall–Kier alpha value is -3.81. The van der Waals surface area contributed by atoms with Gasteiger partial charge in [0.1, 0.15) is 11.4 Å². The van der Waals surface area contributed by atoms with Crippen LogP contribution in [0.15, 0.2) is 59.8 Å². The highest BCUT2D eigenvalue weighted by atomic mass is 19.1. The van der Waals surface area contributed by atoms with E-state index in [-0.39, 0.29) is 18.0 Å². The van der Waals surface area contributed by atoms with Gasteiger partial charge in [-0.1, -0.05) is 6.07 Å². The van der Waals surface area contributed by atoms with E-state index in [4.69, 9.17) is 5.73 Å². The van der Waals surface area contributed by atoms with Crippen molar-refractivity contribution in [3.8, 4) is 5.69 Å². The molecule has 1 aliphatic heterocycles. The van der Waals surface area contributed by atoms with E-state index in [0.29, 0.717) is 42.6 Å². The highest BCUT2D eigenvalue weighted by Crippen LogP contribution is 2.23. The molecule has 0 fully saturated rings. The zero-order chi connectivity index (χ0) is 22.0. The van der Waals surface area contributed by atoms with Crippen LogP contribution in [0.1, 0.15) is 33.5 Å². The average Bonchev–Trinajstić information content (AvgIpc) is 2.78. The van der Waals surface area contributed by atoms with Gasteiger partial charge in [-0.05, 0) is 59.9 Å². The van der Waals surface area contributed by atoms with Crippen molar-refractivity contribution in [2.24, 2.45) is 5.73 Å². The third-order valence-electron chi connectivity index (χ3n) is 5.45. The van der Waals surface area contributed by atoms with Gasteiger partial charge in [-0.2, -0.15) is 0 Å². The van der Waals surface area contributed by atoms with Gasteiger partial charge >= 0.3 is 0 Å². The summed E-state index contributed by atoms with van der Waals surface area (Å²) < 4.78 is 14.6. The summed E-state index contributed by atoms with van der Waals surface area (Å²) in [7, 11) is 0. The Labute approximate surface area is 177 Å². The SMILES string of the molecule is NC(=O)c1c2c(cn(-c3ccc(F)cc3)c1=O)CN(C(=O)CCc1cccnc1)CC2. The maximum atomic E-state index is 13.3. The number of halogens is 1. The molecule has 0 radical (unpaired) electrons. The van der Waals surface area contributed by atoms with Crippen LogP contribution in [0.25, 0.3) is 5.69 Å². The summed E-state index contributed by atoms with van der Waals surface area (Å²) in [5, 5.41) is 0. The van der Waals surface area contributed by atoms with E-state index in [1.165, 1.54) is 28.8 Å². The van der Waals surface area contributed by atoms with Crippen molar-refractivity contribution in [3.63, 3.8) is 0 Å². The molecule has 0 saturated carbocycles. The summed E-state index contributed by atoms with van der Waals surface area (Å²) in [6, 6.07) is 9.13. The van der Waals surface area contributed by atoms with Gasteiger partial charge in [0.25, 0.3) is 11.5 Å². The summed E-state index contributed by atoms with van der Waals surface area (Å²) in [6.07, 6.45) is 6.31. The minimum absolute atomic E-state index is 0.0188. The molecule has 0 saturated heterocycles. The summed E-state index contributed by atoms with van der Waals surface area (Å²) >= 11 is 0. The van der Waals surface area contributed by atoms with Crippen molar-refractivity contribution in [3.05, 3.63) is 93.4 Å². The third-order valence-corrected chi connectivity index (χ3v) is 5.45.